The van der Waals surface area contributed by atoms with Gasteiger partial charge < -0.3 is 15.4 Å². The van der Waals surface area contributed by atoms with E-state index in [9.17, 15) is 4.79 Å². The molecule has 2 aliphatic rings. The van der Waals surface area contributed by atoms with E-state index in [1.807, 2.05) is 0 Å². The standard InChI is InChI=1S/C15H28N2O2/c1-15(8-4-9-16-12-15)14(18)17-10-5-11-19-13-6-2-3-7-13/h13,16H,2-12H2,1H3,(H,17,18)/t15-/m1/s1. The number of ether oxygens (including phenoxy) is 1. The van der Waals surface area contributed by atoms with Crippen molar-refractivity contribution in [1.29, 1.82) is 0 Å². The van der Waals surface area contributed by atoms with Crippen LogP contribution in [0.1, 0.15) is 51.9 Å². The van der Waals surface area contributed by atoms with Crippen LogP contribution in [-0.2, 0) is 9.53 Å². The maximum absolute atomic E-state index is 12.1. The van der Waals surface area contributed by atoms with E-state index >= 15 is 0 Å². The van der Waals surface area contributed by atoms with Crippen LogP contribution in [0.3, 0.4) is 0 Å². The van der Waals surface area contributed by atoms with Crippen LogP contribution in [-0.4, -0.2) is 38.3 Å². The largest absolute Gasteiger partial charge is 0.378 e. The summed E-state index contributed by atoms with van der Waals surface area (Å²) in [6.07, 6.45) is 8.55. The van der Waals surface area contributed by atoms with Crippen LogP contribution in [0.4, 0.5) is 0 Å². The van der Waals surface area contributed by atoms with Crippen molar-refractivity contribution in [3.8, 4) is 0 Å². The molecular formula is C15H28N2O2. The van der Waals surface area contributed by atoms with Gasteiger partial charge in [-0.2, -0.15) is 0 Å². The number of hydrogen-bond donors (Lipinski definition) is 2. The Balaban J connectivity index is 1.55. The van der Waals surface area contributed by atoms with E-state index < -0.39 is 0 Å². The SMILES string of the molecule is C[C@@]1(C(=O)NCCCOC2CCCC2)CCCNC1. The molecule has 1 saturated carbocycles. The molecule has 0 bridgehead atoms. The Morgan fingerprint density at radius 1 is 1.37 bits per heavy atom. The van der Waals surface area contributed by atoms with Gasteiger partial charge >= 0.3 is 0 Å². The lowest BCUT2D eigenvalue weighted by Gasteiger charge is -2.32. The lowest BCUT2D eigenvalue weighted by molar-refractivity contribution is -0.131. The van der Waals surface area contributed by atoms with E-state index in [4.69, 9.17) is 4.74 Å². The zero-order valence-corrected chi connectivity index (χ0v) is 12.2. The average molecular weight is 268 g/mol. The summed E-state index contributed by atoms with van der Waals surface area (Å²) in [4.78, 5) is 12.1. The molecule has 0 radical (unpaired) electrons. The van der Waals surface area contributed by atoms with Crippen molar-refractivity contribution in [1.82, 2.24) is 10.6 Å². The first-order chi connectivity index (χ1) is 9.21. The Kier molecular flexibility index (Phi) is 5.64. The number of hydrogen-bond acceptors (Lipinski definition) is 3. The second-order valence-corrected chi connectivity index (χ2v) is 6.23. The lowest BCUT2D eigenvalue weighted by atomic mass is 9.82. The summed E-state index contributed by atoms with van der Waals surface area (Å²) >= 11 is 0. The van der Waals surface area contributed by atoms with Gasteiger partial charge in [0.2, 0.25) is 5.91 Å². The van der Waals surface area contributed by atoms with Crippen LogP contribution < -0.4 is 10.6 Å². The summed E-state index contributed by atoms with van der Waals surface area (Å²) in [6, 6.07) is 0. The Bertz CT molecular complexity index is 282. The van der Waals surface area contributed by atoms with E-state index in [1.54, 1.807) is 0 Å². The van der Waals surface area contributed by atoms with Gasteiger partial charge in [-0.15, -0.1) is 0 Å². The smallest absolute Gasteiger partial charge is 0.227 e. The van der Waals surface area contributed by atoms with Gasteiger partial charge in [-0.25, -0.2) is 0 Å². The molecule has 0 aromatic carbocycles. The predicted octanol–water partition coefficient (Wildman–Crippen LogP) is 1.84. The average Bonchev–Trinajstić information content (AvgIpc) is 2.92. The number of nitrogens with one attached hydrogen (secondary N) is 2. The highest BCUT2D eigenvalue weighted by Crippen LogP contribution is 2.25. The second kappa shape index (κ2) is 7.25. The first kappa shape index (κ1) is 14.8. The summed E-state index contributed by atoms with van der Waals surface area (Å²) in [5.74, 6) is 0.195. The molecule has 110 valence electrons. The van der Waals surface area contributed by atoms with Gasteiger partial charge in [0.25, 0.3) is 0 Å². The summed E-state index contributed by atoms with van der Waals surface area (Å²) < 4.78 is 5.79. The predicted molar refractivity (Wildman–Crippen MR) is 76.0 cm³/mol. The third-order valence-electron chi connectivity index (χ3n) is 4.41. The Morgan fingerprint density at radius 3 is 2.84 bits per heavy atom. The molecule has 4 heteroatoms. The highest BCUT2D eigenvalue weighted by molar-refractivity contribution is 5.82. The van der Waals surface area contributed by atoms with E-state index in [0.29, 0.717) is 6.10 Å². The van der Waals surface area contributed by atoms with E-state index in [1.165, 1.54) is 25.7 Å². The number of carbonyl (C=O) groups is 1. The molecule has 2 rings (SSSR count). The molecule has 1 amide bonds. The van der Waals surface area contributed by atoms with Gasteiger partial charge in [-0.3, -0.25) is 4.79 Å². The molecule has 19 heavy (non-hydrogen) atoms. The number of carbonyl (C=O) groups excluding carboxylic acids is 1. The van der Waals surface area contributed by atoms with Gasteiger partial charge in [0, 0.05) is 19.7 Å². The van der Waals surface area contributed by atoms with Crippen LogP contribution >= 0.6 is 0 Å². The molecular weight excluding hydrogens is 240 g/mol. The zero-order chi connectivity index (χ0) is 13.6. The molecule has 0 aromatic heterocycles. The summed E-state index contributed by atoms with van der Waals surface area (Å²) in [5, 5.41) is 6.37. The van der Waals surface area contributed by atoms with Crippen molar-refractivity contribution >= 4 is 5.91 Å². The fourth-order valence-corrected chi connectivity index (χ4v) is 3.04. The van der Waals surface area contributed by atoms with E-state index in [-0.39, 0.29) is 11.3 Å². The lowest BCUT2D eigenvalue weighted by Crippen LogP contribution is -2.48. The Labute approximate surface area is 116 Å². The molecule has 2 fully saturated rings. The van der Waals surface area contributed by atoms with Gasteiger partial charge in [0.05, 0.1) is 11.5 Å². The van der Waals surface area contributed by atoms with Gasteiger partial charge in [0.15, 0.2) is 0 Å². The fraction of sp³-hybridized carbons (Fsp3) is 0.933. The maximum Gasteiger partial charge on any atom is 0.227 e. The third-order valence-corrected chi connectivity index (χ3v) is 4.41. The first-order valence-corrected chi connectivity index (χ1v) is 7.81. The number of piperidine rings is 1. The van der Waals surface area contributed by atoms with Crippen molar-refractivity contribution < 1.29 is 9.53 Å². The third kappa shape index (κ3) is 4.46. The van der Waals surface area contributed by atoms with E-state index in [0.717, 1.165) is 45.5 Å². The molecule has 4 nitrogen and oxygen atoms in total. The van der Waals surface area contributed by atoms with Crippen molar-refractivity contribution in [2.24, 2.45) is 5.41 Å². The van der Waals surface area contributed by atoms with Crippen LogP contribution in [0.2, 0.25) is 0 Å². The Morgan fingerprint density at radius 2 is 2.16 bits per heavy atom. The van der Waals surface area contributed by atoms with Crippen molar-refractivity contribution in [3.05, 3.63) is 0 Å². The highest BCUT2D eigenvalue weighted by Gasteiger charge is 2.34. The fourth-order valence-electron chi connectivity index (χ4n) is 3.04. The van der Waals surface area contributed by atoms with Crippen molar-refractivity contribution in [3.63, 3.8) is 0 Å². The molecule has 0 spiro atoms. The minimum Gasteiger partial charge on any atom is -0.378 e. The molecule has 1 heterocycles. The number of rotatable bonds is 6. The monoisotopic (exact) mass is 268 g/mol. The van der Waals surface area contributed by atoms with Crippen LogP contribution in [0.25, 0.3) is 0 Å². The quantitative estimate of drug-likeness (QED) is 0.723. The van der Waals surface area contributed by atoms with Crippen LogP contribution in [0, 0.1) is 5.41 Å². The van der Waals surface area contributed by atoms with Gasteiger partial charge in [-0.1, -0.05) is 12.8 Å². The zero-order valence-electron chi connectivity index (χ0n) is 12.2. The minimum atomic E-state index is -0.218. The molecule has 2 N–H and O–H groups in total. The molecule has 0 unspecified atom stereocenters. The minimum absolute atomic E-state index is 0.195. The maximum atomic E-state index is 12.1. The second-order valence-electron chi connectivity index (χ2n) is 6.23. The normalized spacial score (nSPS) is 28.5. The van der Waals surface area contributed by atoms with E-state index in [2.05, 4.69) is 17.6 Å². The summed E-state index contributed by atoms with van der Waals surface area (Å²) in [7, 11) is 0. The number of amides is 1. The van der Waals surface area contributed by atoms with Gasteiger partial charge in [-0.05, 0) is 45.6 Å². The van der Waals surface area contributed by atoms with Gasteiger partial charge in [0.1, 0.15) is 0 Å². The molecule has 1 atom stereocenters. The topological polar surface area (TPSA) is 50.4 Å². The Hall–Kier alpha value is -0.610. The van der Waals surface area contributed by atoms with Crippen LogP contribution in [0.5, 0.6) is 0 Å². The van der Waals surface area contributed by atoms with Crippen molar-refractivity contribution in [2.45, 2.75) is 58.0 Å². The first-order valence-electron chi connectivity index (χ1n) is 7.81. The summed E-state index contributed by atoms with van der Waals surface area (Å²) in [6.45, 7) is 5.42. The summed E-state index contributed by atoms with van der Waals surface area (Å²) in [5.41, 5.74) is -0.218. The van der Waals surface area contributed by atoms with Crippen LogP contribution in [0.15, 0.2) is 0 Å². The molecule has 1 aliphatic carbocycles. The molecule has 1 saturated heterocycles. The van der Waals surface area contributed by atoms with Crippen molar-refractivity contribution in [2.75, 3.05) is 26.2 Å². The highest BCUT2D eigenvalue weighted by atomic mass is 16.5. The molecule has 0 aromatic rings. The molecule has 1 aliphatic heterocycles.